The minimum Gasteiger partial charge on any atom is -0.332 e. The molecule has 0 saturated carbocycles. The summed E-state index contributed by atoms with van der Waals surface area (Å²) in [5.41, 5.74) is 0.556. The summed E-state index contributed by atoms with van der Waals surface area (Å²) < 4.78 is 0. The van der Waals surface area contributed by atoms with Gasteiger partial charge in [0.2, 0.25) is 0 Å². The van der Waals surface area contributed by atoms with Crippen molar-refractivity contribution < 1.29 is 9.59 Å². The van der Waals surface area contributed by atoms with Crippen LogP contribution in [0.1, 0.15) is 26.2 Å². The summed E-state index contributed by atoms with van der Waals surface area (Å²) >= 11 is 1.05. The smallest absolute Gasteiger partial charge is 0.313 e. The zero-order valence-corrected chi connectivity index (χ0v) is 12.7. The lowest BCUT2D eigenvalue weighted by molar-refractivity contribution is -0.145. The molecule has 0 bridgehead atoms. The molecule has 0 spiro atoms. The van der Waals surface area contributed by atoms with Gasteiger partial charge >= 0.3 is 11.8 Å². The Bertz CT molecular complexity index is 565. The normalized spacial score (nSPS) is 17.9. The number of carbonyl (C=O) groups is 2. The van der Waals surface area contributed by atoms with Crippen molar-refractivity contribution >= 4 is 29.3 Å². The molecule has 0 radical (unpaired) electrons. The van der Waals surface area contributed by atoms with Crippen molar-refractivity contribution in [3.63, 3.8) is 0 Å². The van der Waals surface area contributed by atoms with E-state index in [9.17, 15) is 9.59 Å². The van der Waals surface area contributed by atoms with Crippen LogP contribution in [0.15, 0.2) is 29.2 Å². The number of benzene rings is 1. The number of anilines is 1. The molecular weight excluding hydrogens is 286 g/mol. The molecule has 1 unspecified atom stereocenters. The predicted octanol–water partition coefficient (Wildman–Crippen LogP) is 2.60. The van der Waals surface area contributed by atoms with Crippen LogP contribution >= 0.6 is 11.8 Å². The number of nitriles is 1. The van der Waals surface area contributed by atoms with Crippen LogP contribution < -0.4 is 5.32 Å². The predicted molar refractivity (Wildman–Crippen MR) is 81.6 cm³/mol. The second-order valence-electron chi connectivity index (χ2n) is 5.02. The highest BCUT2D eigenvalue weighted by molar-refractivity contribution is 8.03. The van der Waals surface area contributed by atoms with E-state index in [1.807, 2.05) is 12.3 Å². The Morgan fingerprint density at radius 2 is 2.05 bits per heavy atom. The first kappa shape index (κ1) is 15.4. The van der Waals surface area contributed by atoms with Crippen molar-refractivity contribution in [2.45, 2.75) is 37.1 Å². The van der Waals surface area contributed by atoms with E-state index < -0.39 is 11.8 Å². The lowest BCUT2D eigenvalue weighted by Crippen LogP contribution is -2.47. The molecular formula is C15H17N3O2S. The first-order chi connectivity index (χ1) is 10.1. The van der Waals surface area contributed by atoms with E-state index >= 15 is 0 Å². The summed E-state index contributed by atoms with van der Waals surface area (Å²) in [6.45, 7) is 2.61. The molecule has 1 atom stereocenters. The average molecular weight is 303 g/mol. The van der Waals surface area contributed by atoms with Crippen molar-refractivity contribution in [3.05, 3.63) is 24.3 Å². The van der Waals surface area contributed by atoms with Gasteiger partial charge in [-0.3, -0.25) is 9.59 Å². The maximum Gasteiger partial charge on any atom is 0.313 e. The number of piperidine rings is 1. The molecule has 1 aliphatic heterocycles. The SMILES string of the molecule is CC1CCCCN1C(=O)C(=O)Nc1ccc(SC#N)cc1. The van der Waals surface area contributed by atoms with Crippen LogP contribution in [0.5, 0.6) is 0 Å². The Labute approximate surface area is 128 Å². The number of nitrogens with zero attached hydrogens (tertiary/aromatic N) is 2. The largest absolute Gasteiger partial charge is 0.332 e. The van der Waals surface area contributed by atoms with Gasteiger partial charge in [-0.25, -0.2) is 0 Å². The second kappa shape index (κ2) is 7.14. The fourth-order valence-electron chi connectivity index (χ4n) is 2.37. The van der Waals surface area contributed by atoms with Crippen molar-refractivity contribution in [2.24, 2.45) is 0 Å². The summed E-state index contributed by atoms with van der Waals surface area (Å²) in [6, 6.07) is 6.95. The van der Waals surface area contributed by atoms with Crippen LogP contribution in [0.3, 0.4) is 0 Å². The number of amides is 2. The fraction of sp³-hybridized carbons (Fsp3) is 0.400. The third-order valence-electron chi connectivity index (χ3n) is 3.53. The molecule has 1 aromatic rings. The van der Waals surface area contributed by atoms with Crippen LogP contribution in [-0.2, 0) is 9.59 Å². The molecule has 5 nitrogen and oxygen atoms in total. The molecule has 6 heteroatoms. The zero-order valence-electron chi connectivity index (χ0n) is 11.8. The summed E-state index contributed by atoms with van der Waals surface area (Å²) in [6.07, 6.45) is 2.99. The van der Waals surface area contributed by atoms with E-state index in [1.165, 1.54) is 0 Å². The van der Waals surface area contributed by atoms with Gasteiger partial charge in [-0.05, 0) is 62.2 Å². The number of thiocyanates is 1. The van der Waals surface area contributed by atoms with E-state index in [4.69, 9.17) is 5.26 Å². The second-order valence-corrected chi connectivity index (χ2v) is 5.87. The monoisotopic (exact) mass is 303 g/mol. The van der Waals surface area contributed by atoms with E-state index in [1.54, 1.807) is 29.2 Å². The van der Waals surface area contributed by atoms with Crippen LogP contribution in [-0.4, -0.2) is 29.3 Å². The molecule has 21 heavy (non-hydrogen) atoms. The molecule has 1 N–H and O–H groups in total. The standard InChI is InChI=1S/C15H17N3O2S/c1-11-4-2-3-9-18(11)15(20)14(19)17-12-5-7-13(8-6-12)21-10-16/h5-8,11H,2-4,9H2,1H3,(H,17,19). The topological polar surface area (TPSA) is 73.2 Å². The third-order valence-corrected chi connectivity index (χ3v) is 4.13. The Morgan fingerprint density at radius 1 is 1.33 bits per heavy atom. The van der Waals surface area contributed by atoms with E-state index in [0.29, 0.717) is 12.2 Å². The molecule has 2 rings (SSSR count). The Hall–Kier alpha value is -2.00. The first-order valence-corrected chi connectivity index (χ1v) is 7.71. The molecule has 0 aromatic heterocycles. The molecule has 1 fully saturated rings. The zero-order chi connectivity index (χ0) is 15.2. The van der Waals surface area contributed by atoms with Crippen molar-refractivity contribution in [1.29, 1.82) is 5.26 Å². The number of hydrogen-bond donors (Lipinski definition) is 1. The summed E-state index contributed by atoms with van der Waals surface area (Å²) in [4.78, 5) is 26.6. The number of hydrogen-bond acceptors (Lipinski definition) is 4. The van der Waals surface area contributed by atoms with E-state index in [0.717, 1.165) is 35.9 Å². The maximum absolute atomic E-state index is 12.1. The van der Waals surface area contributed by atoms with E-state index in [2.05, 4.69) is 5.32 Å². The van der Waals surface area contributed by atoms with Gasteiger partial charge in [0.15, 0.2) is 0 Å². The average Bonchev–Trinajstić information content (AvgIpc) is 2.49. The summed E-state index contributed by atoms with van der Waals surface area (Å²) in [7, 11) is 0. The molecule has 1 aliphatic rings. The summed E-state index contributed by atoms with van der Waals surface area (Å²) in [5, 5.41) is 13.2. The molecule has 110 valence electrons. The Morgan fingerprint density at radius 3 is 2.67 bits per heavy atom. The number of rotatable bonds is 2. The van der Waals surface area contributed by atoms with Gasteiger partial charge in [0.05, 0.1) is 0 Å². The number of nitrogens with one attached hydrogen (secondary N) is 1. The molecule has 0 aliphatic carbocycles. The van der Waals surface area contributed by atoms with Gasteiger partial charge in [0, 0.05) is 23.2 Å². The minimum absolute atomic E-state index is 0.117. The number of thioether (sulfide) groups is 1. The van der Waals surface area contributed by atoms with Gasteiger partial charge < -0.3 is 10.2 Å². The van der Waals surface area contributed by atoms with Gasteiger partial charge in [0.1, 0.15) is 5.40 Å². The minimum atomic E-state index is -0.607. The highest BCUT2D eigenvalue weighted by atomic mass is 32.2. The van der Waals surface area contributed by atoms with E-state index in [-0.39, 0.29) is 6.04 Å². The van der Waals surface area contributed by atoms with Crippen LogP contribution in [0, 0.1) is 10.7 Å². The highest BCUT2D eigenvalue weighted by Crippen LogP contribution is 2.20. The van der Waals surface area contributed by atoms with Crippen LogP contribution in [0.25, 0.3) is 0 Å². The lowest BCUT2D eigenvalue weighted by Gasteiger charge is -2.32. The third kappa shape index (κ3) is 3.99. The Kier molecular flexibility index (Phi) is 5.23. The van der Waals surface area contributed by atoms with Crippen molar-refractivity contribution in [3.8, 4) is 5.40 Å². The maximum atomic E-state index is 12.1. The number of carbonyl (C=O) groups excluding carboxylic acids is 2. The van der Waals surface area contributed by atoms with Crippen molar-refractivity contribution in [1.82, 2.24) is 4.90 Å². The van der Waals surface area contributed by atoms with Crippen LogP contribution in [0.2, 0.25) is 0 Å². The van der Waals surface area contributed by atoms with Crippen molar-refractivity contribution in [2.75, 3.05) is 11.9 Å². The van der Waals surface area contributed by atoms with Crippen LogP contribution in [0.4, 0.5) is 5.69 Å². The Balaban J connectivity index is 1.97. The highest BCUT2D eigenvalue weighted by Gasteiger charge is 2.28. The van der Waals surface area contributed by atoms with Gasteiger partial charge in [-0.2, -0.15) is 5.26 Å². The molecule has 1 saturated heterocycles. The quantitative estimate of drug-likeness (QED) is 0.518. The first-order valence-electron chi connectivity index (χ1n) is 6.90. The fourth-order valence-corrected chi connectivity index (χ4v) is 2.75. The number of likely N-dealkylation sites (tertiary alicyclic amines) is 1. The molecule has 2 amide bonds. The lowest BCUT2D eigenvalue weighted by atomic mass is 10.0. The molecule has 1 aromatic carbocycles. The molecule has 1 heterocycles. The van der Waals surface area contributed by atoms with Gasteiger partial charge in [0.25, 0.3) is 0 Å². The summed E-state index contributed by atoms with van der Waals surface area (Å²) in [5.74, 6) is -1.08. The van der Waals surface area contributed by atoms with Gasteiger partial charge in [-0.15, -0.1) is 0 Å². The van der Waals surface area contributed by atoms with Gasteiger partial charge in [-0.1, -0.05) is 0 Å².